The van der Waals surface area contributed by atoms with Crippen molar-refractivity contribution in [2.24, 2.45) is 5.92 Å². The lowest BCUT2D eigenvalue weighted by Gasteiger charge is -2.09. The largest absolute Gasteiger partial charge is 0.469 e. The maximum Gasteiger partial charge on any atom is 0.224 e. The highest BCUT2D eigenvalue weighted by molar-refractivity contribution is 5.82. The first kappa shape index (κ1) is 15.7. The molecule has 1 fully saturated rings. The Labute approximate surface area is 146 Å². The van der Waals surface area contributed by atoms with Crippen LogP contribution in [0.5, 0.6) is 0 Å². The number of carbonyl (C=O) groups excluding carboxylic acids is 1. The van der Waals surface area contributed by atoms with Crippen molar-refractivity contribution in [2.75, 3.05) is 0 Å². The van der Waals surface area contributed by atoms with Gasteiger partial charge in [0.2, 0.25) is 5.91 Å². The van der Waals surface area contributed by atoms with E-state index in [2.05, 4.69) is 39.1 Å². The van der Waals surface area contributed by atoms with Gasteiger partial charge >= 0.3 is 0 Å². The Bertz CT molecular complexity index is 824. The van der Waals surface area contributed by atoms with E-state index in [1.807, 2.05) is 24.4 Å². The minimum Gasteiger partial charge on any atom is -0.469 e. The third-order valence-electron chi connectivity index (χ3n) is 4.74. The molecule has 0 bridgehead atoms. The van der Waals surface area contributed by atoms with Gasteiger partial charge in [-0.2, -0.15) is 0 Å². The summed E-state index contributed by atoms with van der Waals surface area (Å²) in [5, 5.41) is 3.01. The quantitative estimate of drug-likeness (QED) is 0.721. The van der Waals surface area contributed by atoms with Crippen molar-refractivity contribution in [3.05, 3.63) is 78.3 Å². The first-order valence-corrected chi connectivity index (χ1v) is 8.66. The molecule has 128 valence electrons. The van der Waals surface area contributed by atoms with Gasteiger partial charge < -0.3 is 14.3 Å². The van der Waals surface area contributed by atoms with Gasteiger partial charge in [-0.15, -0.1) is 0 Å². The van der Waals surface area contributed by atoms with E-state index in [1.165, 1.54) is 5.56 Å². The number of furan rings is 1. The Balaban J connectivity index is 1.29. The number of hydrogen-bond donors (Lipinski definition) is 1. The van der Waals surface area contributed by atoms with Crippen LogP contribution < -0.4 is 5.32 Å². The highest BCUT2D eigenvalue weighted by Crippen LogP contribution is 2.47. The van der Waals surface area contributed by atoms with Gasteiger partial charge in [-0.25, -0.2) is 4.98 Å². The molecule has 5 heteroatoms. The fourth-order valence-electron chi connectivity index (χ4n) is 3.20. The smallest absolute Gasteiger partial charge is 0.224 e. The average molecular weight is 335 g/mol. The van der Waals surface area contributed by atoms with Crippen LogP contribution in [0.4, 0.5) is 0 Å². The van der Waals surface area contributed by atoms with Crippen molar-refractivity contribution in [2.45, 2.75) is 31.8 Å². The minimum atomic E-state index is 0.0267. The second-order valence-corrected chi connectivity index (χ2v) is 6.45. The number of carbonyl (C=O) groups is 1. The Morgan fingerprint density at radius 3 is 2.92 bits per heavy atom. The van der Waals surface area contributed by atoms with Crippen molar-refractivity contribution in [3.63, 3.8) is 0 Å². The SMILES string of the molecule is O=C(NCc1nccn1CCc1ccccc1)[C@@H]1C[C@H]1c1ccco1. The summed E-state index contributed by atoms with van der Waals surface area (Å²) in [4.78, 5) is 16.7. The van der Waals surface area contributed by atoms with Crippen molar-refractivity contribution < 1.29 is 9.21 Å². The molecule has 1 N–H and O–H groups in total. The van der Waals surface area contributed by atoms with Gasteiger partial charge in [-0.05, 0) is 30.5 Å². The van der Waals surface area contributed by atoms with E-state index in [9.17, 15) is 4.79 Å². The number of rotatable bonds is 7. The van der Waals surface area contributed by atoms with Crippen LogP contribution in [0.3, 0.4) is 0 Å². The van der Waals surface area contributed by atoms with Gasteiger partial charge in [0.05, 0.1) is 12.8 Å². The topological polar surface area (TPSA) is 60.1 Å². The summed E-state index contributed by atoms with van der Waals surface area (Å²) in [6, 6.07) is 14.2. The fraction of sp³-hybridized carbons (Fsp3) is 0.300. The van der Waals surface area contributed by atoms with Gasteiger partial charge in [0.1, 0.15) is 11.6 Å². The minimum absolute atomic E-state index is 0.0267. The molecule has 0 spiro atoms. The second-order valence-electron chi connectivity index (χ2n) is 6.45. The molecule has 2 heterocycles. The lowest BCUT2D eigenvalue weighted by atomic mass is 10.1. The number of aromatic nitrogens is 2. The van der Waals surface area contributed by atoms with E-state index in [-0.39, 0.29) is 17.7 Å². The Kier molecular flexibility index (Phi) is 4.37. The number of hydrogen-bond acceptors (Lipinski definition) is 3. The molecular weight excluding hydrogens is 314 g/mol. The maximum absolute atomic E-state index is 12.3. The fourth-order valence-corrected chi connectivity index (χ4v) is 3.20. The van der Waals surface area contributed by atoms with Crippen molar-refractivity contribution in [1.82, 2.24) is 14.9 Å². The van der Waals surface area contributed by atoms with Crippen LogP contribution in [0.2, 0.25) is 0 Å². The first-order valence-electron chi connectivity index (χ1n) is 8.66. The average Bonchev–Trinajstić information content (AvgIpc) is 3.06. The van der Waals surface area contributed by atoms with Crippen molar-refractivity contribution in [3.8, 4) is 0 Å². The van der Waals surface area contributed by atoms with E-state index in [0.717, 1.165) is 31.0 Å². The molecule has 2 atom stereocenters. The number of nitrogens with one attached hydrogen (secondary N) is 1. The summed E-state index contributed by atoms with van der Waals surface area (Å²) in [5.41, 5.74) is 1.30. The molecule has 3 aromatic rings. The molecule has 25 heavy (non-hydrogen) atoms. The predicted octanol–water partition coefficient (Wildman–Crippen LogP) is 3.14. The van der Waals surface area contributed by atoms with Crippen molar-refractivity contribution >= 4 is 5.91 Å². The monoisotopic (exact) mass is 335 g/mol. The standard InChI is InChI=1S/C20H21N3O2/c24-20(17-13-16(17)18-7-4-12-25-18)22-14-19-21-9-11-23(19)10-8-15-5-2-1-3-6-15/h1-7,9,11-12,16-17H,8,10,13-14H2,(H,22,24)/t16-,17-/m1/s1. The van der Waals surface area contributed by atoms with E-state index in [1.54, 1.807) is 12.5 Å². The molecule has 1 amide bonds. The normalized spacial score (nSPS) is 18.9. The van der Waals surface area contributed by atoms with E-state index in [4.69, 9.17) is 4.42 Å². The summed E-state index contributed by atoms with van der Waals surface area (Å²) in [6.45, 7) is 1.32. The highest BCUT2D eigenvalue weighted by atomic mass is 16.3. The molecule has 5 nitrogen and oxygen atoms in total. The van der Waals surface area contributed by atoms with Crippen LogP contribution in [0, 0.1) is 5.92 Å². The van der Waals surface area contributed by atoms with E-state index in [0.29, 0.717) is 6.54 Å². The second kappa shape index (κ2) is 6.97. The van der Waals surface area contributed by atoms with Crippen LogP contribution in [-0.2, 0) is 24.3 Å². The maximum atomic E-state index is 12.3. The lowest BCUT2D eigenvalue weighted by molar-refractivity contribution is -0.122. The molecule has 0 unspecified atom stereocenters. The molecule has 1 aromatic carbocycles. The van der Waals surface area contributed by atoms with Crippen molar-refractivity contribution in [1.29, 1.82) is 0 Å². The molecule has 0 aliphatic heterocycles. The molecule has 2 aromatic heterocycles. The zero-order chi connectivity index (χ0) is 17.1. The van der Waals surface area contributed by atoms with Crippen LogP contribution in [0.1, 0.15) is 29.5 Å². The summed E-state index contributed by atoms with van der Waals surface area (Å²) in [7, 11) is 0. The van der Waals surface area contributed by atoms with E-state index >= 15 is 0 Å². The number of imidazole rings is 1. The van der Waals surface area contributed by atoms with E-state index < -0.39 is 0 Å². The molecule has 4 rings (SSSR count). The Morgan fingerprint density at radius 1 is 1.24 bits per heavy atom. The molecule has 1 saturated carbocycles. The van der Waals surface area contributed by atoms with Gasteiger partial charge in [-0.1, -0.05) is 30.3 Å². The molecule has 1 aliphatic rings. The Hall–Kier alpha value is -2.82. The summed E-state index contributed by atoms with van der Waals surface area (Å²) in [6.07, 6.45) is 7.22. The highest BCUT2D eigenvalue weighted by Gasteiger charge is 2.45. The summed E-state index contributed by atoms with van der Waals surface area (Å²) in [5.74, 6) is 2.13. The Morgan fingerprint density at radius 2 is 2.12 bits per heavy atom. The molecule has 0 saturated heterocycles. The number of nitrogens with zero attached hydrogens (tertiary/aromatic N) is 2. The van der Waals surface area contributed by atoms with Crippen LogP contribution in [0.15, 0.2) is 65.5 Å². The van der Waals surface area contributed by atoms with Crippen LogP contribution in [-0.4, -0.2) is 15.5 Å². The molecule has 1 aliphatic carbocycles. The third-order valence-corrected chi connectivity index (χ3v) is 4.74. The number of amides is 1. The molecular formula is C20H21N3O2. The molecule has 0 radical (unpaired) electrons. The zero-order valence-corrected chi connectivity index (χ0v) is 14.0. The lowest BCUT2D eigenvalue weighted by Crippen LogP contribution is -2.26. The van der Waals surface area contributed by atoms with Crippen LogP contribution >= 0.6 is 0 Å². The van der Waals surface area contributed by atoms with Gasteiger partial charge in [0.25, 0.3) is 0 Å². The summed E-state index contributed by atoms with van der Waals surface area (Å²) >= 11 is 0. The number of aryl methyl sites for hydroxylation is 2. The van der Waals surface area contributed by atoms with Gasteiger partial charge in [0.15, 0.2) is 0 Å². The first-order chi connectivity index (χ1) is 12.3. The third kappa shape index (κ3) is 3.65. The van der Waals surface area contributed by atoms with Gasteiger partial charge in [-0.3, -0.25) is 4.79 Å². The summed E-state index contributed by atoms with van der Waals surface area (Å²) < 4.78 is 7.49. The van der Waals surface area contributed by atoms with Crippen LogP contribution in [0.25, 0.3) is 0 Å². The number of benzene rings is 1. The zero-order valence-electron chi connectivity index (χ0n) is 14.0. The van der Waals surface area contributed by atoms with Gasteiger partial charge in [0, 0.05) is 30.8 Å². The predicted molar refractivity (Wildman–Crippen MR) is 93.8 cm³/mol.